The van der Waals surface area contributed by atoms with Crippen LogP contribution in [0.3, 0.4) is 0 Å². The van der Waals surface area contributed by atoms with Crippen molar-refractivity contribution in [1.29, 1.82) is 10.5 Å². The maximum Gasteiger partial charge on any atom is 0.268 e. The third-order valence-corrected chi connectivity index (χ3v) is 5.03. The number of aromatic amines is 1. The molecule has 0 spiro atoms. The first-order valence-corrected chi connectivity index (χ1v) is 8.97. The number of aromatic nitrogens is 1. The molecule has 1 aliphatic rings. The van der Waals surface area contributed by atoms with Crippen LogP contribution in [0.2, 0.25) is 0 Å². The van der Waals surface area contributed by atoms with Crippen LogP contribution in [0.4, 0.5) is 5.82 Å². The summed E-state index contributed by atoms with van der Waals surface area (Å²) in [5.74, 6) is -0.0191. The van der Waals surface area contributed by atoms with E-state index in [1.54, 1.807) is 0 Å². The molecule has 1 fully saturated rings. The van der Waals surface area contributed by atoms with Gasteiger partial charge in [-0.15, -0.1) is 0 Å². The average molecular weight is 362 g/mol. The Bertz CT molecular complexity index is 956. The Morgan fingerprint density at radius 1 is 1.04 bits per heavy atom. The molecule has 0 saturated carbocycles. The van der Waals surface area contributed by atoms with Crippen molar-refractivity contribution in [2.45, 2.75) is 13.5 Å². The van der Waals surface area contributed by atoms with Gasteiger partial charge in [-0.05, 0) is 17.7 Å². The number of H-pyrrole nitrogens is 1. The zero-order valence-corrected chi connectivity index (χ0v) is 15.3. The summed E-state index contributed by atoms with van der Waals surface area (Å²) < 4.78 is 0. The smallest absolute Gasteiger partial charge is 0.268 e. The lowest BCUT2D eigenvalue weighted by Crippen LogP contribution is -2.45. The SMILES string of the molecule is CCN1CCN(Cc2ccc(-c3c(C#N)c(N)[nH]c(=O)c3C#N)cc2)CC1. The predicted octanol–water partition coefficient (Wildman–Crippen LogP) is 1.50. The second-order valence-electron chi connectivity index (χ2n) is 6.62. The fourth-order valence-corrected chi connectivity index (χ4v) is 3.43. The Balaban J connectivity index is 1.86. The first-order valence-electron chi connectivity index (χ1n) is 8.97. The molecule has 0 amide bonds. The Morgan fingerprint density at radius 2 is 1.63 bits per heavy atom. The van der Waals surface area contributed by atoms with Crippen LogP contribution < -0.4 is 11.3 Å². The molecule has 27 heavy (non-hydrogen) atoms. The highest BCUT2D eigenvalue weighted by molar-refractivity contribution is 5.80. The Labute approximate surface area is 158 Å². The van der Waals surface area contributed by atoms with Gasteiger partial charge >= 0.3 is 0 Å². The van der Waals surface area contributed by atoms with Crippen molar-refractivity contribution in [3.05, 3.63) is 51.3 Å². The maximum absolute atomic E-state index is 12.0. The molecule has 2 heterocycles. The van der Waals surface area contributed by atoms with E-state index in [1.807, 2.05) is 36.4 Å². The second-order valence-corrected chi connectivity index (χ2v) is 6.62. The van der Waals surface area contributed by atoms with Crippen LogP contribution in [0.1, 0.15) is 23.6 Å². The normalized spacial score (nSPS) is 15.2. The number of piperazine rings is 1. The number of benzene rings is 1. The molecule has 0 radical (unpaired) electrons. The number of nitrogens with zero attached hydrogens (tertiary/aromatic N) is 4. The molecule has 7 nitrogen and oxygen atoms in total. The maximum atomic E-state index is 12.0. The summed E-state index contributed by atoms with van der Waals surface area (Å²) in [5.41, 5.74) is 7.30. The molecule has 0 aliphatic carbocycles. The van der Waals surface area contributed by atoms with Gasteiger partial charge in [-0.25, -0.2) is 0 Å². The third-order valence-electron chi connectivity index (χ3n) is 5.03. The highest BCUT2D eigenvalue weighted by Gasteiger charge is 2.19. The largest absolute Gasteiger partial charge is 0.384 e. The molecular formula is C20H22N6O. The van der Waals surface area contributed by atoms with Crippen molar-refractivity contribution in [1.82, 2.24) is 14.8 Å². The number of hydrogen-bond donors (Lipinski definition) is 2. The van der Waals surface area contributed by atoms with Gasteiger partial charge in [0.25, 0.3) is 5.56 Å². The monoisotopic (exact) mass is 362 g/mol. The van der Waals surface area contributed by atoms with Crippen LogP contribution in [0.5, 0.6) is 0 Å². The van der Waals surface area contributed by atoms with Gasteiger partial charge < -0.3 is 15.6 Å². The predicted molar refractivity (Wildman–Crippen MR) is 104 cm³/mol. The van der Waals surface area contributed by atoms with E-state index in [2.05, 4.69) is 21.7 Å². The lowest BCUT2D eigenvalue weighted by atomic mass is 9.96. The molecule has 2 aromatic rings. The minimum atomic E-state index is -0.582. The summed E-state index contributed by atoms with van der Waals surface area (Å²) in [4.78, 5) is 19.2. The van der Waals surface area contributed by atoms with Crippen LogP contribution in [-0.4, -0.2) is 47.5 Å². The van der Waals surface area contributed by atoms with E-state index >= 15 is 0 Å². The summed E-state index contributed by atoms with van der Waals surface area (Å²) in [6.45, 7) is 8.36. The van der Waals surface area contributed by atoms with E-state index in [1.165, 1.54) is 0 Å². The Morgan fingerprint density at radius 3 is 2.19 bits per heavy atom. The van der Waals surface area contributed by atoms with Crippen LogP contribution >= 0.6 is 0 Å². The number of nitrogen functional groups attached to an aromatic ring is 1. The van der Waals surface area contributed by atoms with Crippen molar-refractivity contribution in [2.24, 2.45) is 0 Å². The molecule has 1 saturated heterocycles. The van der Waals surface area contributed by atoms with Crippen molar-refractivity contribution < 1.29 is 0 Å². The van der Waals surface area contributed by atoms with Gasteiger partial charge in [0.05, 0.1) is 0 Å². The number of pyridine rings is 1. The van der Waals surface area contributed by atoms with Gasteiger partial charge in [-0.2, -0.15) is 10.5 Å². The number of nitrogens with two attached hydrogens (primary N) is 1. The van der Waals surface area contributed by atoms with Gasteiger partial charge in [-0.1, -0.05) is 31.2 Å². The zero-order chi connectivity index (χ0) is 19.4. The fourth-order valence-electron chi connectivity index (χ4n) is 3.43. The van der Waals surface area contributed by atoms with Gasteiger partial charge in [0.2, 0.25) is 0 Å². The summed E-state index contributed by atoms with van der Waals surface area (Å²) in [6.07, 6.45) is 0. The van der Waals surface area contributed by atoms with E-state index in [0.717, 1.165) is 44.8 Å². The van der Waals surface area contributed by atoms with Crippen molar-refractivity contribution in [2.75, 3.05) is 38.5 Å². The van der Waals surface area contributed by atoms with Crippen LogP contribution in [0.25, 0.3) is 11.1 Å². The van der Waals surface area contributed by atoms with Gasteiger partial charge in [0.1, 0.15) is 29.1 Å². The molecule has 3 rings (SSSR count). The van der Waals surface area contributed by atoms with Crippen molar-refractivity contribution in [3.8, 4) is 23.3 Å². The molecule has 0 unspecified atom stereocenters. The van der Waals surface area contributed by atoms with Crippen molar-refractivity contribution >= 4 is 5.82 Å². The first-order chi connectivity index (χ1) is 13.1. The van der Waals surface area contributed by atoms with Crippen LogP contribution in [-0.2, 0) is 6.54 Å². The fraction of sp³-hybridized carbons (Fsp3) is 0.350. The summed E-state index contributed by atoms with van der Waals surface area (Å²) in [7, 11) is 0. The van der Waals surface area contributed by atoms with E-state index in [9.17, 15) is 15.3 Å². The minimum absolute atomic E-state index is 0.0191. The summed E-state index contributed by atoms with van der Waals surface area (Å²) in [6, 6.07) is 11.5. The Hall–Kier alpha value is -3.13. The number of anilines is 1. The molecule has 1 aromatic heterocycles. The highest BCUT2D eigenvalue weighted by atomic mass is 16.1. The van der Waals surface area contributed by atoms with Gasteiger partial charge in [0, 0.05) is 38.3 Å². The van der Waals surface area contributed by atoms with Crippen LogP contribution in [0, 0.1) is 22.7 Å². The van der Waals surface area contributed by atoms with E-state index in [-0.39, 0.29) is 16.9 Å². The average Bonchev–Trinajstić information content (AvgIpc) is 2.69. The lowest BCUT2D eigenvalue weighted by Gasteiger charge is -2.34. The van der Waals surface area contributed by atoms with E-state index < -0.39 is 5.56 Å². The van der Waals surface area contributed by atoms with Crippen molar-refractivity contribution in [3.63, 3.8) is 0 Å². The molecule has 7 heteroatoms. The number of rotatable bonds is 4. The molecule has 1 aliphatic heterocycles. The molecular weight excluding hydrogens is 340 g/mol. The molecule has 1 aromatic carbocycles. The quantitative estimate of drug-likeness (QED) is 0.852. The number of nitriles is 2. The van der Waals surface area contributed by atoms with E-state index in [4.69, 9.17) is 5.73 Å². The highest BCUT2D eigenvalue weighted by Crippen LogP contribution is 2.28. The number of hydrogen-bond acceptors (Lipinski definition) is 6. The topological polar surface area (TPSA) is 113 Å². The lowest BCUT2D eigenvalue weighted by molar-refractivity contribution is 0.132. The molecule has 0 bridgehead atoms. The third kappa shape index (κ3) is 3.85. The molecule has 3 N–H and O–H groups in total. The summed E-state index contributed by atoms with van der Waals surface area (Å²) in [5, 5.41) is 18.8. The summed E-state index contributed by atoms with van der Waals surface area (Å²) >= 11 is 0. The van der Waals surface area contributed by atoms with Gasteiger partial charge in [0.15, 0.2) is 0 Å². The Kier molecular flexibility index (Phi) is 5.56. The molecule has 138 valence electrons. The first kappa shape index (κ1) is 18.7. The minimum Gasteiger partial charge on any atom is -0.384 e. The second kappa shape index (κ2) is 8.05. The number of likely N-dealkylation sites (N-methyl/N-ethyl adjacent to an activating group) is 1. The molecule has 0 atom stereocenters. The number of nitrogens with one attached hydrogen (secondary N) is 1. The van der Waals surface area contributed by atoms with Crippen LogP contribution in [0.15, 0.2) is 29.1 Å². The van der Waals surface area contributed by atoms with E-state index in [0.29, 0.717) is 11.1 Å². The zero-order valence-electron chi connectivity index (χ0n) is 15.3. The standard InChI is InChI=1S/C20H22N6O/c1-2-25-7-9-26(10-8-25)13-14-3-5-15(6-4-14)18-16(11-21)19(23)24-20(27)17(18)12-22/h3-6H,2,7-10,13H2,1H3,(H3,23,24,27). The van der Waals surface area contributed by atoms with Gasteiger partial charge in [-0.3, -0.25) is 9.69 Å².